The second-order valence-corrected chi connectivity index (χ2v) is 9.71. The highest BCUT2D eigenvalue weighted by molar-refractivity contribution is 5.91. The third-order valence-corrected chi connectivity index (χ3v) is 3.88. The summed E-state index contributed by atoms with van der Waals surface area (Å²) in [6.45, 7) is 48.1. The highest BCUT2D eigenvalue weighted by Gasteiger charge is 2.07. The second kappa shape index (κ2) is 63.1. The lowest BCUT2D eigenvalue weighted by atomic mass is 10.2. The third-order valence-electron chi connectivity index (χ3n) is 3.88. The standard InChI is InChI=1S/C7H12O2.C5H6O4.C5H8O2.C5H8.C4H7NO.C4H6O2.C4H6.C3H5NO.C3H3N.C3H4O2/c1-3-5-6-9-7(8)4-2;1-3(5(8)9)2-4(6)7;1-4(2)5(6)7-3;1-4-5(2)3;2*1-3(2)4(5)6;1-3-4-2;1-2-3(4)5;1-2-3-4;1-2-3(4)5/h4H,2-3,5-6H2,1H3;1-2H2,(H,6,7)(H,8,9);1H2,2-3H3;4H,1-2H2,3H3;1H2,2H3,(H2,5,6);1H2,2H3,(H,5,6);3-4H,1-2H2;2H,1H2,(H2,4,5);2H,1H2;2H,1H2,(H,4,5). The monoisotopic (exact) mass is 847 g/mol. The maximum atomic E-state index is 10.3. The molecule has 17 heteroatoms. The van der Waals surface area contributed by atoms with Gasteiger partial charge in [-0.3, -0.25) is 14.4 Å². The van der Waals surface area contributed by atoms with Gasteiger partial charge in [-0.25, -0.2) is 24.0 Å². The zero-order valence-corrected chi connectivity index (χ0v) is 35.8. The van der Waals surface area contributed by atoms with E-state index in [1.807, 2.05) is 13.8 Å². The molecule has 17 nitrogen and oxygen atoms in total. The molecular weight excluding hydrogens is 782 g/mol. The van der Waals surface area contributed by atoms with E-state index in [2.05, 4.69) is 94.2 Å². The van der Waals surface area contributed by atoms with E-state index in [1.165, 1.54) is 26.2 Å². The number of nitrogens with zero attached hydrogens (tertiary/aromatic N) is 1. The molecule has 0 bridgehead atoms. The van der Waals surface area contributed by atoms with Crippen LogP contribution in [-0.4, -0.2) is 81.8 Å². The number of hydrogen-bond acceptors (Lipinski definition) is 11. The van der Waals surface area contributed by atoms with Gasteiger partial charge >= 0.3 is 35.8 Å². The second-order valence-electron chi connectivity index (χ2n) is 9.71. The maximum Gasteiger partial charge on any atom is 0.332 e. The predicted octanol–water partition coefficient (Wildman–Crippen LogP) is 6.77. The smallest absolute Gasteiger partial charge is 0.332 e. The summed E-state index contributed by atoms with van der Waals surface area (Å²) in [6, 6.07) is 1.69. The molecule has 0 spiro atoms. The number of methoxy groups -OCH3 is 1. The zero-order chi connectivity index (χ0) is 50.4. The Kier molecular flexibility index (Phi) is 80.7. The van der Waals surface area contributed by atoms with E-state index in [0.717, 1.165) is 30.6 Å². The number of unbranched alkanes of at least 4 members (excludes halogenated alkanes) is 1. The molecule has 0 heterocycles. The minimum Gasteiger partial charge on any atom is -0.481 e. The molecule has 0 aromatic rings. The van der Waals surface area contributed by atoms with Crippen LogP contribution in [0.2, 0.25) is 0 Å². The van der Waals surface area contributed by atoms with Crippen molar-refractivity contribution in [2.45, 2.75) is 53.9 Å². The van der Waals surface area contributed by atoms with Gasteiger partial charge in [0.25, 0.3) is 0 Å². The first kappa shape index (κ1) is 76.8. The van der Waals surface area contributed by atoms with Gasteiger partial charge in [-0.2, -0.15) is 5.26 Å². The number of hydrogen-bond donors (Lipinski definition) is 6. The van der Waals surface area contributed by atoms with E-state index >= 15 is 0 Å². The lowest BCUT2D eigenvalue weighted by Gasteiger charge is -1.97. The number of aliphatic carboxylic acids is 4. The highest BCUT2D eigenvalue weighted by Crippen LogP contribution is 1.95. The fraction of sp³-hybridized carbons (Fsp3) is 0.233. The van der Waals surface area contributed by atoms with Crippen molar-refractivity contribution in [3.05, 3.63) is 149 Å². The zero-order valence-electron chi connectivity index (χ0n) is 35.8. The lowest BCUT2D eigenvalue weighted by Crippen LogP contribution is -2.10. The van der Waals surface area contributed by atoms with Gasteiger partial charge in [-0.05, 0) is 40.2 Å². The summed E-state index contributed by atoms with van der Waals surface area (Å²) in [5.74, 6) is -5.96. The molecule has 0 aliphatic carbocycles. The van der Waals surface area contributed by atoms with Crippen LogP contribution in [0.1, 0.15) is 53.9 Å². The third kappa shape index (κ3) is 143. The van der Waals surface area contributed by atoms with Crippen molar-refractivity contribution < 1.29 is 68.3 Å². The molecule has 0 radical (unpaired) electrons. The van der Waals surface area contributed by atoms with Crippen molar-refractivity contribution in [3.63, 3.8) is 0 Å². The number of rotatable bonds is 14. The molecule has 0 saturated carbocycles. The molecule has 0 rings (SSSR count). The Labute approximate surface area is 355 Å². The van der Waals surface area contributed by atoms with Crippen LogP contribution in [0.5, 0.6) is 0 Å². The molecular formula is C43H65N3O14. The predicted molar refractivity (Wildman–Crippen MR) is 237 cm³/mol. The van der Waals surface area contributed by atoms with Gasteiger partial charge in [0, 0.05) is 40.5 Å². The van der Waals surface area contributed by atoms with Crippen molar-refractivity contribution in [2.24, 2.45) is 11.5 Å². The van der Waals surface area contributed by atoms with E-state index in [9.17, 15) is 38.4 Å². The Balaban J connectivity index is -0.0000000586. The molecule has 0 unspecified atom stereocenters. The topological polar surface area (TPSA) is 312 Å². The Hall–Kier alpha value is -7.87. The molecule has 0 aliphatic rings. The molecule has 0 aromatic heterocycles. The van der Waals surface area contributed by atoms with E-state index in [0.29, 0.717) is 17.8 Å². The minimum absolute atomic E-state index is 0.176. The van der Waals surface area contributed by atoms with Gasteiger partial charge in [0.15, 0.2) is 0 Å². The molecule has 0 aromatic carbocycles. The van der Waals surface area contributed by atoms with Crippen LogP contribution in [0.25, 0.3) is 0 Å². The maximum absolute atomic E-state index is 10.3. The number of nitriles is 1. The minimum atomic E-state index is -1.27. The number of ether oxygens (including phenoxy) is 2. The van der Waals surface area contributed by atoms with Crippen LogP contribution in [0, 0.1) is 11.3 Å². The first-order chi connectivity index (χ1) is 27.4. The number of nitrogens with two attached hydrogens (primary N) is 2. The molecule has 0 fully saturated rings. The summed E-state index contributed by atoms with van der Waals surface area (Å²) in [6.07, 6.45) is 10.7. The molecule has 60 heavy (non-hydrogen) atoms. The molecule has 8 N–H and O–H groups in total. The normalized spacial score (nSPS) is 7.15. The first-order valence-corrected chi connectivity index (χ1v) is 16.2. The Morgan fingerprint density at radius 2 is 1.00 bits per heavy atom. The Morgan fingerprint density at radius 3 is 1.08 bits per heavy atom. The summed E-state index contributed by atoms with van der Waals surface area (Å²) in [7, 11) is 1.33. The molecule has 0 atom stereocenters. The number of allylic oxidation sites excluding steroid dienone is 5. The number of esters is 2. The van der Waals surface area contributed by atoms with Gasteiger partial charge in [0.2, 0.25) is 11.8 Å². The van der Waals surface area contributed by atoms with E-state index in [1.54, 1.807) is 38.1 Å². The van der Waals surface area contributed by atoms with Crippen molar-refractivity contribution in [1.29, 1.82) is 5.26 Å². The molecule has 2 amide bonds. The quantitative estimate of drug-likeness (QED) is 0.0345. The Morgan fingerprint density at radius 1 is 0.667 bits per heavy atom. The van der Waals surface area contributed by atoms with Crippen LogP contribution in [0.15, 0.2) is 149 Å². The van der Waals surface area contributed by atoms with Crippen LogP contribution < -0.4 is 11.5 Å². The van der Waals surface area contributed by atoms with Gasteiger partial charge < -0.3 is 41.4 Å². The van der Waals surface area contributed by atoms with Crippen molar-refractivity contribution in [2.75, 3.05) is 13.7 Å². The van der Waals surface area contributed by atoms with Crippen LogP contribution in [0.4, 0.5) is 0 Å². The van der Waals surface area contributed by atoms with E-state index in [-0.39, 0.29) is 23.1 Å². The fourth-order valence-electron chi connectivity index (χ4n) is 0.808. The number of carbonyl (C=O) groups excluding carboxylic acids is 4. The van der Waals surface area contributed by atoms with Gasteiger partial charge in [-0.15, -0.1) is 0 Å². The summed E-state index contributed by atoms with van der Waals surface area (Å²) < 4.78 is 8.95. The fourth-order valence-corrected chi connectivity index (χ4v) is 0.808. The summed E-state index contributed by atoms with van der Waals surface area (Å²) >= 11 is 0. The summed E-state index contributed by atoms with van der Waals surface area (Å²) in [5, 5.41) is 39.1. The average molecular weight is 848 g/mol. The van der Waals surface area contributed by atoms with E-state index in [4.69, 9.17) is 31.4 Å². The first-order valence-electron chi connectivity index (χ1n) is 16.2. The molecule has 336 valence electrons. The van der Waals surface area contributed by atoms with Gasteiger partial charge in [0.05, 0.1) is 26.2 Å². The van der Waals surface area contributed by atoms with Crippen LogP contribution in [0.3, 0.4) is 0 Å². The number of carbonyl (C=O) groups is 8. The molecule has 0 aliphatic heterocycles. The van der Waals surface area contributed by atoms with Crippen LogP contribution >= 0.6 is 0 Å². The van der Waals surface area contributed by atoms with Crippen molar-refractivity contribution in [1.82, 2.24) is 0 Å². The lowest BCUT2D eigenvalue weighted by molar-refractivity contribution is -0.139. The Bertz CT molecular complexity index is 1400. The van der Waals surface area contributed by atoms with Crippen molar-refractivity contribution in [3.8, 4) is 6.07 Å². The summed E-state index contributed by atoms with van der Waals surface area (Å²) in [4.78, 5) is 78.3. The van der Waals surface area contributed by atoms with Crippen LogP contribution in [-0.2, 0) is 47.8 Å². The van der Waals surface area contributed by atoms with Gasteiger partial charge in [0.1, 0.15) is 0 Å². The van der Waals surface area contributed by atoms with Gasteiger partial charge in [-0.1, -0.05) is 116 Å². The average Bonchev–Trinajstić information content (AvgIpc) is 3.18. The number of carboxylic acids is 4. The largest absolute Gasteiger partial charge is 0.481 e. The summed E-state index contributed by atoms with van der Waals surface area (Å²) in [5.41, 5.74) is 11.0. The number of carboxylic acid groups (broad SMARTS) is 4. The SMILES string of the molecule is C=C(C)C(=O)O.C=C(C)C(=O)OC.C=C(C)C(N)=O.C=C(CC(=O)O)C(=O)O.C=CC#N.C=CC(=C)C.C=CC(=O)O.C=CC(=O)OCCCC.C=CC(N)=O.C=CC=C. The van der Waals surface area contributed by atoms with Crippen molar-refractivity contribution >= 4 is 47.6 Å². The van der Waals surface area contributed by atoms with E-state index < -0.39 is 42.1 Å². The highest BCUT2D eigenvalue weighted by atomic mass is 16.5. The number of primary amides is 2. The number of amides is 2. The molecule has 0 saturated heterocycles.